The lowest BCUT2D eigenvalue weighted by molar-refractivity contribution is -0.384. The highest BCUT2D eigenvalue weighted by Gasteiger charge is 2.18. The Morgan fingerprint density at radius 1 is 1.33 bits per heavy atom. The molecule has 122 valence electrons. The van der Waals surface area contributed by atoms with Gasteiger partial charge in [0.25, 0.3) is 11.6 Å². The molecule has 0 saturated heterocycles. The number of aromatic amines is 1. The van der Waals surface area contributed by atoms with Crippen molar-refractivity contribution in [2.24, 2.45) is 0 Å². The van der Waals surface area contributed by atoms with Crippen LogP contribution in [-0.2, 0) is 0 Å². The number of fused-ring (bicyclic) bond motifs is 1. The number of nitro groups is 1. The number of carbonyl (C=O) groups is 1. The summed E-state index contributed by atoms with van der Waals surface area (Å²) in [5.41, 5.74) is 1.69. The molecule has 1 aromatic heterocycles. The van der Waals surface area contributed by atoms with Crippen molar-refractivity contribution in [1.29, 1.82) is 0 Å². The number of benzene rings is 2. The van der Waals surface area contributed by atoms with Crippen molar-refractivity contribution in [2.75, 3.05) is 0 Å². The van der Waals surface area contributed by atoms with Gasteiger partial charge in [-0.2, -0.15) is 0 Å². The van der Waals surface area contributed by atoms with Gasteiger partial charge in [0.1, 0.15) is 5.82 Å². The Bertz CT molecular complexity index is 905. The SMILES string of the molecule is CC(NC(=O)c1ccc([N+](=O)[O-])cc1Cl)c1nc2ccccc2[nH]1. The molecule has 1 unspecified atom stereocenters. The number of nitrogens with one attached hydrogen (secondary N) is 2. The van der Waals surface area contributed by atoms with Crippen LogP contribution in [-0.4, -0.2) is 20.8 Å². The van der Waals surface area contributed by atoms with Crippen LogP contribution in [0.5, 0.6) is 0 Å². The fourth-order valence-electron chi connectivity index (χ4n) is 2.32. The summed E-state index contributed by atoms with van der Waals surface area (Å²) in [6.07, 6.45) is 0. The molecule has 8 heteroatoms. The van der Waals surface area contributed by atoms with E-state index in [4.69, 9.17) is 11.6 Å². The van der Waals surface area contributed by atoms with Crippen LogP contribution in [0.25, 0.3) is 11.0 Å². The Kier molecular flexibility index (Phi) is 4.18. The van der Waals surface area contributed by atoms with Gasteiger partial charge in [0.2, 0.25) is 0 Å². The van der Waals surface area contributed by atoms with E-state index in [0.29, 0.717) is 5.82 Å². The van der Waals surface area contributed by atoms with Gasteiger partial charge in [-0.25, -0.2) is 4.98 Å². The van der Waals surface area contributed by atoms with E-state index in [0.717, 1.165) is 17.1 Å². The predicted molar refractivity (Wildman–Crippen MR) is 90.1 cm³/mol. The molecule has 3 aromatic rings. The Hall–Kier alpha value is -2.93. The molecule has 0 aliphatic carbocycles. The molecule has 0 aliphatic rings. The van der Waals surface area contributed by atoms with Gasteiger partial charge in [0.05, 0.1) is 32.6 Å². The largest absolute Gasteiger partial charge is 0.342 e. The average molecular weight is 345 g/mol. The van der Waals surface area contributed by atoms with Gasteiger partial charge in [0.15, 0.2) is 0 Å². The van der Waals surface area contributed by atoms with Gasteiger partial charge >= 0.3 is 0 Å². The third kappa shape index (κ3) is 3.07. The first-order valence-corrected chi connectivity index (χ1v) is 7.53. The number of H-pyrrole nitrogens is 1. The Morgan fingerprint density at radius 3 is 2.75 bits per heavy atom. The van der Waals surface area contributed by atoms with Crippen molar-refractivity contribution in [2.45, 2.75) is 13.0 Å². The summed E-state index contributed by atoms with van der Waals surface area (Å²) in [5, 5.41) is 13.5. The van der Waals surface area contributed by atoms with Gasteiger partial charge in [-0.15, -0.1) is 0 Å². The average Bonchev–Trinajstić information content (AvgIpc) is 2.98. The van der Waals surface area contributed by atoms with Crippen LogP contribution < -0.4 is 5.32 Å². The Morgan fingerprint density at radius 2 is 2.08 bits per heavy atom. The number of nitrogens with zero attached hydrogens (tertiary/aromatic N) is 2. The fraction of sp³-hybridized carbons (Fsp3) is 0.125. The standard InChI is InChI=1S/C16H13ClN4O3/c1-9(15-19-13-4-2-3-5-14(13)20-15)18-16(22)11-7-6-10(21(23)24)8-12(11)17/h2-9H,1H3,(H,18,22)(H,19,20). The van der Waals surface area contributed by atoms with Gasteiger partial charge in [-0.05, 0) is 25.1 Å². The molecule has 0 bridgehead atoms. The van der Waals surface area contributed by atoms with Crippen LogP contribution in [0.2, 0.25) is 5.02 Å². The van der Waals surface area contributed by atoms with Crippen molar-refractivity contribution in [3.8, 4) is 0 Å². The highest BCUT2D eigenvalue weighted by molar-refractivity contribution is 6.34. The first-order chi connectivity index (χ1) is 11.5. The second-order valence-electron chi connectivity index (χ2n) is 5.26. The Balaban J connectivity index is 1.80. The lowest BCUT2D eigenvalue weighted by atomic mass is 10.1. The molecule has 7 nitrogen and oxygen atoms in total. The van der Waals surface area contributed by atoms with Crippen molar-refractivity contribution >= 4 is 34.2 Å². The number of aromatic nitrogens is 2. The van der Waals surface area contributed by atoms with E-state index in [9.17, 15) is 14.9 Å². The van der Waals surface area contributed by atoms with Crippen LogP contribution in [0.1, 0.15) is 29.1 Å². The number of rotatable bonds is 4. The number of carbonyl (C=O) groups excluding carboxylic acids is 1. The zero-order chi connectivity index (χ0) is 17.3. The van der Waals surface area contributed by atoms with E-state index in [1.165, 1.54) is 12.1 Å². The van der Waals surface area contributed by atoms with E-state index in [1.807, 2.05) is 24.3 Å². The summed E-state index contributed by atoms with van der Waals surface area (Å²) in [5.74, 6) is 0.186. The number of imidazole rings is 1. The topological polar surface area (TPSA) is 101 Å². The summed E-state index contributed by atoms with van der Waals surface area (Å²) in [7, 11) is 0. The first kappa shape index (κ1) is 15.9. The molecule has 1 atom stereocenters. The molecule has 0 aliphatic heterocycles. The molecular weight excluding hydrogens is 332 g/mol. The van der Waals surface area contributed by atoms with Crippen LogP contribution in [0.15, 0.2) is 42.5 Å². The summed E-state index contributed by atoms with van der Waals surface area (Å²) in [6.45, 7) is 1.79. The third-order valence-corrected chi connectivity index (χ3v) is 3.89. The molecule has 1 amide bonds. The molecule has 2 aromatic carbocycles. The summed E-state index contributed by atoms with van der Waals surface area (Å²) < 4.78 is 0. The quantitative estimate of drug-likeness (QED) is 0.557. The molecule has 0 spiro atoms. The van der Waals surface area contributed by atoms with Crippen molar-refractivity contribution in [3.63, 3.8) is 0 Å². The molecule has 3 rings (SSSR count). The minimum Gasteiger partial charge on any atom is -0.342 e. The zero-order valence-electron chi connectivity index (χ0n) is 12.6. The molecule has 2 N–H and O–H groups in total. The van der Waals surface area contributed by atoms with E-state index in [-0.39, 0.29) is 22.3 Å². The summed E-state index contributed by atoms with van der Waals surface area (Å²) >= 11 is 5.97. The van der Waals surface area contributed by atoms with Gasteiger partial charge in [-0.3, -0.25) is 14.9 Å². The molecule has 0 saturated carbocycles. The van der Waals surface area contributed by atoms with Crippen LogP contribution in [0.3, 0.4) is 0 Å². The number of nitro benzene ring substituents is 1. The van der Waals surface area contributed by atoms with E-state index < -0.39 is 10.8 Å². The number of non-ortho nitro benzene ring substituents is 1. The maximum Gasteiger partial charge on any atom is 0.270 e. The van der Waals surface area contributed by atoms with E-state index >= 15 is 0 Å². The van der Waals surface area contributed by atoms with Gasteiger partial charge in [0, 0.05) is 12.1 Å². The normalized spacial score (nSPS) is 12.1. The molecule has 0 fully saturated rings. The maximum atomic E-state index is 12.3. The molecule has 0 radical (unpaired) electrons. The van der Waals surface area contributed by atoms with Crippen LogP contribution >= 0.6 is 11.6 Å². The van der Waals surface area contributed by atoms with Crippen molar-refractivity contribution in [1.82, 2.24) is 15.3 Å². The number of hydrogen-bond acceptors (Lipinski definition) is 4. The van der Waals surface area contributed by atoms with Crippen LogP contribution in [0, 0.1) is 10.1 Å². The monoisotopic (exact) mass is 344 g/mol. The number of halogens is 1. The predicted octanol–water partition coefficient (Wildman–Crippen LogP) is 3.62. The fourth-order valence-corrected chi connectivity index (χ4v) is 2.58. The minimum absolute atomic E-state index is 0.0264. The van der Waals surface area contributed by atoms with E-state index in [1.54, 1.807) is 6.92 Å². The van der Waals surface area contributed by atoms with Gasteiger partial charge in [-0.1, -0.05) is 23.7 Å². The zero-order valence-corrected chi connectivity index (χ0v) is 13.4. The number of hydrogen-bond donors (Lipinski definition) is 2. The smallest absolute Gasteiger partial charge is 0.270 e. The van der Waals surface area contributed by atoms with Crippen molar-refractivity contribution in [3.05, 3.63) is 69.0 Å². The second kappa shape index (κ2) is 6.29. The summed E-state index contributed by atoms with van der Waals surface area (Å²) in [6, 6.07) is 10.9. The van der Waals surface area contributed by atoms with Crippen LogP contribution in [0.4, 0.5) is 5.69 Å². The van der Waals surface area contributed by atoms with Gasteiger partial charge < -0.3 is 10.3 Å². The van der Waals surface area contributed by atoms with E-state index in [2.05, 4.69) is 15.3 Å². The molecule has 24 heavy (non-hydrogen) atoms. The maximum absolute atomic E-state index is 12.3. The highest BCUT2D eigenvalue weighted by Crippen LogP contribution is 2.23. The first-order valence-electron chi connectivity index (χ1n) is 7.15. The summed E-state index contributed by atoms with van der Waals surface area (Å²) in [4.78, 5) is 30.1. The number of para-hydroxylation sites is 2. The molecular formula is C16H13ClN4O3. The minimum atomic E-state index is -0.565. The Labute approximate surface area is 141 Å². The second-order valence-corrected chi connectivity index (χ2v) is 5.66. The lowest BCUT2D eigenvalue weighted by Gasteiger charge is -2.12. The number of amides is 1. The third-order valence-electron chi connectivity index (χ3n) is 3.57. The van der Waals surface area contributed by atoms with Crippen molar-refractivity contribution < 1.29 is 9.72 Å². The highest BCUT2D eigenvalue weighted by atomic mass is 35.5. The lowest BCUT2D eigenvalue weighted by Crippen LogP contribution is -2.27. The molecule has 1 heterocycles.